The molecule has 4 atom stereocenters. The highest BCUT2D eigenvalue weighted by Crippen LogP contribution is 2.19. The van der Waals surface area contributed by atoms with Crippen LogP contribution in [-0.2, 0) is 4.74 Å². The second-order valence-electron chi connectivity index (χ2n) is 3.76. The predicted octanol–water partition coefficient (Wildman–Crippen LogP) is 0.380. The monoisotopic (exact) mass is 173 g/mol. The van der Waals surface area contributed by atoms with Gasteiger partial charge in [0.1, 0.15) is 0 Å². The average Bonchev–Trinajstić information content (AvgIpc) is 2.30. The van der Waals surface area contributed by atoms with Crippen molar-refractivity contribution < 1.29 is 9.84 Å². The van der Waals surface area contributed by atoms with Crippen molar-refractivity contribution in [2.24, 2.45) is 5.92 Å². The molecule has 0 aliphatic carbocycles. The number of hydrogen-bond acceptors (Lipinski definition) is 3. The van der Waals surface area contributed by atoms with Gasteiger partial charge in [0.15, 0.2) is 0 Å². The number of rotatable bonds is 3. The minimum absolute atomic E-state index is 0.270. The molecule has 1 aliphatic rings. The first-order valence-corrected chi connectivity index (χ1v) is 4.64. The minimum atomic E-state index is -0.270. The molecular weight excluding hydrogens is 154 g/mol. The Hall–Kier alpha value is -0.120. The molecule has 0 amide bonds. The van der Waals surface area contributed by atoms with Gasteiger partial charge in [0.05, 0.1) is 18.8 Å². The highest BCUT2D eigenvalue weighted by molar-refractivity contribution is 4.83. The van der Waals surface area contributed by atoms with Crippen LogP contribution in [0.15, 0.2) is 0 Å². The van der Waals surface area contributed by atoms with Gasteiger partial charge >= 0.3 is 0 Å². The van der Waals surface area contributed by atoms with Gasteiger partial charge in [-0.2, -0.15) is 0 Å². The summed E-state index contributed by atoms with van der Waals surface area (Å²) in [5.41, 5.74) is 0. The Morgan fingerprint density at radius 3 is 2.67 bits per heavy atom. The first-order valence-electron chi connectivity index (χ1n) is 4.64. The van der Waals surface area contributed by atoms with E-state index in [0.29, 0.717) is 24.6 Å². The van der Waals surface area contributed by atoms with Crippen molar-refractivity contribution in [1.29, 1.82) is 0 Å². The lowest BCUT2D eigenvalue weighted by Crippen LogP contribution is -2.39. The van der Waals surface area contributed by atoms with Crippen LogP contribution in [0, 0.1) is 5.92 Å². The minimum Gasteiger partial charge on any atom is -0.392 e. The fourth-order valence-corrected chi connectivity index (χ4v) is 1.45. The molecule has 0 bridgehead atoms. The van der Waals surface area contributed by atoms with Gasteiger partial charge in [-0.05, 0) is 19.8 Å². The lowest BCUT2D eigenvalue weighted by molar-refractivity contribution is 0.108. The van der Waals surface area contributed by atoms with Crippen molar-refractivity contribution in [1.82, 2.24) is 5.32 Å². The van der Waals surface area contributed by atoms with Crippen LogP contribution in [0.1, 0.15) is 20.8 Å². The van der Waals surface area contributed by atoms with Gasteiger partial charge in [0, 0.05) is 12.6 Å². The zero-order chi connectivity index (χ0) is 9.14. The molecular formula is C9H19NO2. The van der Waals surface area contributed by atoms with Crippen molar-refractivity contribution in [2.75, 3.05) is 13.2 Å². The SMILES string of the molecule is CC1OCC(NC[C@@H](C)O)C1C. The van der Waals surface area contributed by atoms with E-state index in [1.807, 2.05) is 0 Å². The van der Waals surface area contributed by atoms with Crippen molar-refractivity contribution >= 4 is 0 Å². The fraction of sp³-hybridized carbons (Fsp3) is 1.00. The smallest absolute Gasteiger partial charge is 0.0636 e. The molecule has 1 aliphatic heterocycles. The third-order valence-electron chi connectivity index (χ3n) is 2.59. The third-order valence-corrected chi connectivity index (χ3v) is 2.59. The van der Waals surface area contributed by atoms with Crippen LogP contribution >= 0.6 is 0 Å². The van der Waals surface area contributed by atoms with Crippen LogP contribution < -0.4 is 5.32 Å². The molecule has 0 aromatic rings. The third kappa shape index (κ3) is 2.44. The molecule has 72 valence electrons. The molecule has 0 aromatic carbocycles. The summed E-state index contributed by atoms with van der Waals surface area (Å²) in [7, 11) is 0. The first-order chi connectivity index (χ1) is 5.61. The Balaban J connectivity index is 2.24. The predicted molar refractivity (Wildman–Crippen MR) is 48.0 cm³/mol. The largest absolute Gasteiger partial charge is 0.392 e. The first kappa shape index (κ1) is 9.96. The molecule has 0 radical (unpaired) electrons. The van der Waals surface area contributed by atoms with Crippen molar-refractivity contribution in [3.8, 4) is 0 Å². The van der Waals surface area contributed by atoms with E-state index in [9.17, 15) is 0 Å². The van der Waals surface area contributed by atoms with Crippen LogP contribution in [0.4, 0.5) is 0 Å². The summed E-state index contributed by atoms with van der Waals surface area (Å²) in [4.78, 5) is 0. The molecule has 0 aromatic heterocycles. The van der Waals surface area contributed by atoms with Gasteiger partial charge in [-0.3, -0.25) is 0 Å². The number of hydrogen-bond donors (Lipinski definition) is 2. The molecule has 3 nitrogen and oxygen atoms in total. The van der Waals surface area contributed by atoms with Crippen LogP contribution in [0.3, 0.4) is 0 Å². The van der Waals surface area contributed by atoms with Gasteiger partial charge in [-0.1, -0.05) is 6.92 Å². The van der Waals surface area contributed by atoms with E-state index in [1.54, 1.807) is 6.92 Å². The molecule has 1 heterocycles. The molecule has 0 saturated carbocycles. The van der Waals surface area contributed by atoms with Crippen LogP contribution in [0.25, 0.3) is 0 Å². The Kier molecular flexibility index (Phi) is 3.50. The number of ether oxygens (including phenoxy) is 1. The summed E-state index contributed by atoms with van der Waals surface area (Å²) in [5, 5.41) is 12.3. The summed E-state index contributed by atoms with van der Waals surface area (Å²) < 4.78 is 5.47. The van der Waals surface area contributed by atoms with E-state index in [-0.39, 0.29) is 6.10 Å². The molecule has 0 spiro atoms. The maximum atomic E-state index is 9.06. The van der Waals surface area contributed by atoms with E-state index in [1.165, 1.54) is 0 Å². The highest BCUT2D eigenvalue weighted by Gasteiger charge is 2.30. The van der Waals surface area contributed by atoms with Crippen LogP contribution in [0.5, 0.6) is 0 Å². The molecule has 1 fully saturated rings. The maximum Gasteiger partial charge on any atom is 0.0636 e. The Morgan fingerprint density at radius 1 is 1.58 bits per heavy atom. The van der Waals surface area contributed by atoms with E-state index in [2.05, 4.69) is 19.2 Å². The van der Waals surface area contributed by atoms with Crippen molar-refractivity contribution in [3.05, 3.63) is 0 Å². The molecule has 3 unspecified atom stereocenters. The highest BCUT2D eigenvalue weighted by atomic mass is 16.5. The summed E-state index contributed by atoms with van der Waals surface area (Å²) in [6, 6.07) is 0.412. The zero-order valence-electron chi connectivity index (χ0n) is 8.08. The second kappa shape index (κ2) is 4.21. The molecule has 12 heavy (non-hydrogen) atoms. The number of aliphatic hydroxyl groups is 1. The Labute approximate surface area is 74.1 Å². The second-order valence-corrected chi connectivity index (χ2v) is 3.76. The molecule has 1 saturated heterocycles. The lowest BCUT2D eigenvalue weighted by atomic mass is 10.0. The summed E-state index contributed by atoms with van der Waals surface area (Å²) in [6.07, 6.45) is 0.0737. The van der Waals surface area contributed by atoms with Crippen molar-refractivity contribution in [2.45, 2.75) is 39.0 Å². The van der Waals surface area contributed by atoms with Crippen molar-refractivity contribution in [3.63, 3.8) is 0 Å². The van der Waals surface area contributed by atoms with E-state index >= 15 is 0 Å². The summed E-state index contributed by atoms with van der Waals surface area (Å²) in [5.74, 6) is 0.545. The summed E-state index contributed by atoms with van der Waals surface area (Å²) >= 11 is 0. The van der Waals surface area contributed by atoms with Crippen LogP contribution in [-0.4, -0.2) is 36.5 Å². The van der Waals surface area contributed by atoms with Gasteiger partial charge < -0.3 is 15.2 Å². The normalized spacial score (nSPS) is 38.5. The average molecular weight is 173 g/mol. The Bertz CT molecular complexity index is 138. The standard InChI is InChI=1S/C9H19NO2/c1-6(11)4-10-9-5-12-8(3)7(9)2/h6-11H,4-5H2,1-3H3/t6-,7?,8?,9?/m1/s1. The fourth-order valence-electron chi connectivity index (χ4n) is 1.45. The van der Waals surface area contributed by atoms with Gasteiger partial charge in [-0.15, -0.1) is 0 Å². The van der Waals surface area contributed by atoms with Crippen LogP contribution in [0.2, 0.25) is 0 Å². The quantitative estimate of drug-likeness (QED) is 0.648. The summed E-state index contributed by atoms with van der Waals surface area (Å²) in [6.45, 7) is 7.49. The topological polar surface area (TPSA) is 41.5 Å². The zero-order valence-corrected chi connectivity index (χ0v) is 8.08. The van der Waals surface area contributed by atoms with Gasteiger partial charge in [-0.25, -0.2) is 0 Å². The molecule has 2 N–H and O–H groups in total. The number of aliphatic hydroxyl groups excluding tert-OH is 1. The van der Waals surface area contributed by atoms with Gasteiger partial charge in [0.25, 0.3) is 0 Å². The Morgan fingerprint density at radius 2 is 2.25 bits per heavy atom. The van der Waals surface area contributed by atoms with E-state index < -0.39 is 0 Å². The molecule has 1 rings (SSSR count). The lowest BCUT2D eigenvalue weighted by Gasteiger charge is -2.17. The van der Waals surface area contributed by atoms with Gasteiger partial charge in [0.2, 0.25) is 0 Å². The van der Waals surface area contributed by atoms with E-state index in [4.69, 9.17) is 9.84 Å². The number of nitrogens with one attached hydrogen (secondary N) is 1. The molecule has 3 heteroatoms. The van der Waals surface area contributed by atoms with E-state index in [0.717, 1.165) is 6.61 Å². The maximum absolute atomic E-state index is 9.06.